The van der Waals surface area contributed by atoms with Crippen LogP contribution in [0.15, 0.2) is 24.5 Å². The first-order valence-electron chi connectivity index (χ1n) is 6.42. The smallest absolute Gasteiger partial charge is 0.156 e. The van der Waals surface area contributed by atoms with Gasteiger partial charge in [0.2, 0.25) is 0 Å². The largest absolute Gasteiger partial charge is 0.339 e. The number of aryl methyl sites for hydroxylation is 1. The van der Waals surface area contributed by atoms with E-state index in [0.29, 0.717) is 6.04 Å². The molecule has 0 atom stereocenters. The molecule has 18 heavy (non-hydrogen) atoms. The number of hydrogen-bond acceptors (Lipinski definition) is 3. The fourth-order valence-electron chi connectivity index (χ4n) is 1.82. The van der Waals surface area contributed by atoms with Crippen molar-refractivity contribution in [1.82, 2.24) is 20.3 Å². The molecule has 2 N–H and O–H groups in total. The minimum atomic E-state index is 0.470. The number of pyridine rings is 1. The Hall–Kier alpha value is -1.68. The molecule has 0 radical (unpaired) electrons. The third-order valence-electron chi connectivity index (χ3n) is 2.83. The van der Waals surface area contributed by atoms with Crippen LogP contribution in [0.25, 0.3) is 11.5 Å². The second-order valence-electron chi connectivity index (χ2n) is 4.66. The normalized spacial score (nSPS) is 11.1. The Balaban J connectivity index is 2.18. The van der Waals surface area contributed by atoms with E-state index < -0.39 is 0 Å². The molecule has 96 valence electrons. The molecular weight excluding hydrogens is 224 g/mol. The summed E-state index contributed by atoms with van der Waals surface area (Å²) in [7, 11) is 0. The maximum Gasteiger partial charge on any atom is 0.156 e. The van der Waals surface area contributed by atoms with E-state index in [9.17, 15) is 0 Å². The summed E-state index contributed by atoms with van der Waals surface area (Å²) >= 11 is 0. The Morgan fingerprint density at radius 3 is 2.89 bits per heavy atom. The van der Waals surface area contributed by atoms with Gasteiger partial charge in [0, 0.05) is 24.5 Å². The van der Waals surface area contributed by atoms with Crippen LogP contribution in [0.4, 0.5) is 0 Å². The summed E-state index contributed by atoms with van der Waals surface area (Å²) in [5.74, 6) is 0.855. The van der Waals surface area contributed by atoms with Gasteiger partial charge in [-0.15, -0.1) is 0 Å². The van der Waals surface area contributed by atoms with E-state index in [4.69, 9.17) is 0 Å². The van der Waals surface area contributed by atoms with Crippen molar-refractivity contribution in [2.45, 2.75) is 39.8 Å². The highest BCUT2D eigenvalue weighted by Crippen LogP contribution is 2.18. The lowest BCUT2D eigenvalue weighted by Gasteiger charge is -2.06. The molecule has 2 rings (SSSR count). The Kier molecular flexibility index (Phi) is 4.10. The van der Waals surface area contributed by atoms with E-state index in [0.717, 1.165) is 30.2 Å². The fourth-order valence-corrected chi connectivity index (χ4v) is 1.82. The number of nitrogens with one attached hydrogen (secondary N) is 2. The third kappa shape index (κ3) is 2.96. The fraction of sp³-hybridized carbons (Fsp3) is 0.429. The van der Waals surface area contributed by atoms with Crippen molar-refractivity contribution in [3.05, 3.63) is 35.8 Å². The molecule has 4 heteroatoms. The Morgan fingerprint density at radius 2 is 2.17 bits per heavy atom. The molecule has 0 saturated carbocycles. The molecule has 2 aromatic heterocycles. The topological polar surface area (TPSA) is 53.6 Å². The van der Waals surface area contributed by atoms with Crippen molar-refractivity contribution >= 4 is 0 Å². The van der Waals surface area contributed by atoms with Crippen molar-refractivity contribution in [2.75, 3.05) is 0 Å². The molecular formula is C14H20N4. The average molecular weight is 244 g/mol. The lowest BCUT2D eigenvalue weighted by atomic mass is 10.1. The first-order valence-corrected chi connectivity index (χ1v) is 6.42. The van der Waals surface area contributed by atoms with Crippen LogP contribution in [0.1, 0.15) is 32.0 Å². The van der Waals surface area contributed by atoms with Gasteiger partial charge in [0.1, 0.15) is 5.69 Å². The SMILES string of the molecule is CCc1cccnc1-c1ncc(CNC(C)C)[nH]1. The Bertz CT molecular complexity index is 502. The zero-order valence-electron chi connectivity index (χ0n) is 11.2. The summed E-state index contributed by atoms with van der Waals surface area (Å²) in [6.07, 6.45) is 4.64. The maximum absolute atomic E-state index is 4.41. The number of nitrogens with zero attached hydrogens (tertiary/aromatic N) is 2. The van der Waals surface area contributed by atoms with E-state index in [1.165, 1.54) is 5.56 Å². The van der Waals surface area contributed by atoms with E-state index in [-0.39, 0.29) is 0 Å². The summed E-state index contributed by atoms with van der Waals surface area (Å²) in [5.41, 5.74) is 3.26. The van der Waals surface area contributed by atoms with Gasteiger partial charge in [-0.05, 0) is 18.1 Å². The van der Waals surface area contributed by atoms with Crippen LogP contribution < -0.4 is 5.32 Å². The van der Waals surface area contributed by atoms with Gasteiger partial charge in [-0.1, -0.05) is 26.8 Å². The average Bonchev–Trinajstić information content (AvgIpc) is 2.85. The molecule has 0 amide bonds. The van der Waals surface area contributed by atoms with Crippen molar-refractivity contribution in [3.63, 3.8) is 0 Å². The van der Waals surface area contributed by atoms with Gasteiger partial charge in [-0.25, -0.2) is 4.98 Å². The summed E-state index contributed by atoms with van der Waals surface area (Å²) in [6.45, 7) is 7.19. The Labute approximate surface area is 108 Å². The summed E-state index contributed by atoms with van der Waals surface area (Å²) in [6, 6.07) is 4.53. The van der Waals surface area contributed by atoms with Crippen LogP contribution in [0.3, 0.4) is 0 Å². The molecule has 0 saturated heterocycles. The highest BCUT2D eigenvalue weighted by atomic mass is 15.0. The van der Waals surface area contributed by atoms with Crippen LogP contribution in [0, 0.1) is 0 Å². The number of aromatic amines is 1. The van der Waals surface area contributed by atoms with Crippen molar-refractivity contribution in [3.8, 4) is 11.5 Å². The Morgan fingerprint density at radius 1 is 1.33 bits per heavy atom. The van der Waals surface area contributed by atoms with Crippen LogP contribution in [-0.4, -0.2) is 21.0 Å². The minimum absolute atomic E-state index is 0.470. The van der Waals surface area contributed by atoms with Crippen molar-refractivity contribution in [2.24, 2.45) is 0 Å². The van der Waals surface area contributed by atoms with Crippen LogP contribution >= 0.6 is 0 Å². The first kappa shape index (κ1) is 12.8. The molecule has 4 nitrogen and oxygen atoms in total. The zero-order valence-corrected chi connectivity index (χ0v) is 11.2. The maximum atomic E-state index is 4.41. The van der Waals surface area contributed by atoms with E-state index in [1.54, 1.807) is 0 Å². The molecule has 0 aromatic carbocycles. The zero-order chi connectivity index (χ0) is 13.0. The summed E-state index contributed by atoms with van der Waals surface area (Å²) in [5, 5.41) is 3.36. The monoisotopic (exact) mass is 244 g/mol. The van der Waals surface area contributed by atoms with Gasteiger partial charge in [0.25, 0.3) is 0 Å². The molecule has 0 bridgehead atoms. The van der Waals surface area contributed by atoms with E-state index >= 15 is 0 Å². The number of hydrogen-bond donors (Lipinski definition) is 2. The lowest BCUT2D eigenvalue weighted by Crippen LogP contribution is -2.21. The first-order chi connectivity index (χ1) is 8.70. The van der Waals surface area contributed by atoms with Crippen LogP contribution in [-0.2, 0) is 13.0 Å². The van der Waals surface area contributed by atoms with Crippen molar-refractivity contribution in [1.29, 1.82) is 0 Å². The summed E-state index contributed by atoms with van der Waals surface area (Å²) in [4.78, 5) is 12.2. The number of rotatable bonds is 5. The third-order valence-corrected chi connectivity index (χ3v) is 2.83. The predicted octanol–water partition coefficient (Wildman–Crippen LogP) is 2.53. The molecule has 0 aliphatic heterocycles. The lowest BCUT2D eigenvalue weighted by molar-refractivity contribution is 0.583. The number of imidazole rings is 1. The van der Waals surface area contributed by atoms with Gasteiger partial charge in [0.15, 0.2) is 5.82 Å². The van der Waals surface area contributed by atoms with Crippen LogP contribution in [0.5, 0.6) is 0 Å². The van der Waals surface area contributed by atoms with Gasteiger partial charge < -0.3 is 10.3 Å². The number of aromatic nitrogens is 3. The molecule has 0 unspecified atom stereocenters. The van der Waals surface area contributed by atoms with Gasteiger partial charge in [0.05, 0.1) is 6.20 Å². The van der Waals surface area contributed by atoms with E-state index in [1.807, 2.05) is 18.5 Å². The molecule has 0 spiro atoms. The highest BCUT2D eigenvalue weighted by Gasteiger charge is 2.08. The molecule has 2 heterocycles. The van der Waals surface area contributed by atoms with Crippen molar-refractivity contribution < 1.29 is 0 Å². The summed E-state index contributed by atoms with van der Waals surface area (Å²) < 4.78 is 0. The van der Waals surface area contributed by atoms with Crippen LogP contribution in [0.2, 0.25) is 0 Å². The highest BCUT2D eigenvalue weighted by molar-refractivity contribution is 5.54. The van der Waals surface area contributed by atoms with E-state index in [2.05, 4.69) is 47.1 Å². The van der Waals surface area contributed by atoms with Gasteiger partial charge in [-0.2, -0.15) is 0 Å². The second kappa shape index (κ2) is 5.78. The minimum Gasteiger partial charge on any atom is -0.339 e. The molecule has 0 aliphatic carbocycles. The molecule has 2 aromatic rings. The quantitative estimate of drug-likeness (QED) is 0.849. The van der Waals surface area contributed by atoms with Gasteiger partial charge in [-0.3, -0.25) is 4.98 Å². The standard InChI is InChI=1S/C14H20N4/c1-4-11-6-5-7-15-13(11)14-17-9-12(18-14)8-16-10(2)3/h5-7,9-10,16H,4,8H2,1-3H3,(H,17,18). The molecule has 0 aliphatic rings. The molecule has 0 fully saturated rings. The second-order valence-corrected chi connectivity index (χ2v) is 4.66. The number of H-pyrrole nitrogens is 1. The van der Waals surface area contributed by atoms with Gasteiger partial charge >= 0.3 is 0 Å². The predicted molar refractivity (Wildman–Crippen MR) is 73.2 cm³/mol.